The SMILES string of the molecule is CC1CC(CN)CN1Cc1nccs1. The van der Waals surface area contributed by atoms with Crippen molar-refractivity contribution in [3.63, 3.8) is 0 Å². The van der Waals surface area contributed by atoms with Gasteiger partial charge in [0.25, 0.3) is 0 Å². The van der Waals surface area contributed by atoms with Crippen molar-refractivity contribution in [3.8, 4) is 0 Å². The van der Waals surface area contributed by atoms with E-state index in [0.29, 0.717) is 12.0 Å². The molecule has 1 aromatic rings. The van der Waals surface area contributed by atoms with Gasteiger partial charge in [-0.15, -0.1) is 11.3 Å². The van der Waals surface area contributed by atoms with E-state index in [0.717, 1.165) is 19.6 Å². The second-order valence-electron chi connectivity index (χ2n) is 4.04. The Bertz CT molecular complexity index is 273. The first-order valence-corrected chi connectivity index (χ1v) is 6.00. The van der Waals surface area contributed by atoms with Crippen LogP contribution >= 0.6 is 11.3 Å². The lowest BCUT2D eigenvalue weighted by atomic mass is 10.1. The van der Waals surface area contributed by atoms with E-state index < -0.39 is 0 Å². The summed E-state index contributed by atoms with van der Waals surface area (Å²) in [6, 6.07) is 0.660. The van der Waals surface area contributed by atoms with Crippen molar-refractivity contribution >= 4 is 11.3 Å². The summed E-state index contributed by atoms with van der Waals surface area (Å²) in [6.07, 6.45) is 3.11. The minimum atomic E-state index is 0.660. The molecule has 1 aliphatic rings. The number of hydrogen-bond acceptors (Lipinski definition) is 4. The summed E-state index contributed by atoms with van der Waals surface area (Å²) < 4.78 is 0. The summed E-state index contributed by atoms with van der Waals surface area (Å²) >= 11 is 1.74. The normalized spacial score (nSPS) is 28.4. The van der Waals surface area contributed by atoms with E-state index in [4.69, 9.17) is 5.73 Å². The van der Waals surface area contributed by atoms with Gasteiger partial charge in [-0.3, -0.25) is 4.90 Å². The second-order valence-corrected chi connectivity index (χ2v) is 5.02. The molecule has 78 valence electrons. The Kier molecular flexibility index (Phi) is 3.15. The van der Waals surface area contributed by atoms with Crippen molar-refractivity contribution in [2.45, 2.75) is 25.9 Å². The van der Waals surface area contributed by atoms with E-state index >= 15 is 0 Å². The number of aromatic nitrogens is 1. The van der Waals surface area contributed by atoms with Crippen molar-refractivity contribution in [2.24, 2.45) is 11.7 Å². The van der Waals surface area contributed by atoms with Gasteiger partial charge in [-0.05, 0) is 25.8 Å². The lowest BCUT2D eigenvalue weighted by molar-refractivity contribution is 0.255. The number of hydrogen-bond donors (Lipinski definition) is 1. The number of thiazole rings is 1. The van der Waals surface area contributed by atoms with Crippen LogP contribution in [0.2, 0.25) is 0 Å². The minimum Gasteiger partial charge on any atom is -0.330 e. The molecule has 1 aromatic heterocycles. The quantitative estimate of drug-likeness (QED) is 0.819. The van der Waals surface area contributed by atoms with Crippen LogP contribution in [0.4, 0.5) is 0 Å². The lowest BCUT2D eigenvalue weighted by Gasteiger charge is -2.19. The van der Waals surface area contributed by atoms with Gasteiger partial charge in [-0.25, -0.2) is 4.98 Å². The first-order valence-electron chi connectivity index (χ1n) is 5.12. The van der Waals surface area contributed by atoms with Crippen molar-refractivity contribution in [3.05, 3.63) is 16.6 Å². The third kappa shape index (κ3) is 2.13. The summed E-state index contributed by atoms with van der Waals surface area (Å²) in [5.74, 6) is 0.685. The summed E-state index contributed by atoms with van der Waals surface area (Å²) in [7, 11) is 0. The van der Waals surface area contributed by atoms with Gasteiger partial charge in [0, 0.05) is 24.2 Å². The standard InChI is InChI=1S/C10H17N3S/c1-8-4-9(5-11)6-13(8)7-10-12-2-3-14-10/h2-3,8-9H,4-7,11H2,1H3. The molecule has 0 spiro atoms. The number of likely N-dealkylation sites (tertiary alicyclic amines) is 1. The Balaban J connectivity index is 1.93. The average molecular weight is 211 g/mol. The van der Waals surface area contributed by atoms with Gasteiger partial charge >= 0.3 is 0 Å². The van der Waals surface area contributed by atoms with Gasteiger partial charge in [0.15, 0.2) is 0 Å². The highest BCUT2D eigenvalue weighted by molar-refractivity contribution is 7.09. The minimum absolute atomic E-state index is 0.660. The van der Waals surface area contributed by atoms with E-state index in [9.17, 15) is 0 Å². The Morgan fingerprint density at radius 2 is 2.57 bits per heavy atom. The van der Waals surface area contributed by atoms with Crippen LogP contribution in [0.1, 0.15) is 18.4 Å². The molecule has 2 unspecified atom stereocenters. The van der Waals surface area contributed by atoms with Crippen molar-refractivity contribution in [2.75, 3.05) is 13.1 Å². The van der Waals surface area contributed by atoms with E-state index in [2.05, 4.69) is 16.8 Å². The third-order valence-electron chi connectivity index (χ3n) is 2.95. The zero-order chi connectivity index (χ0) is 9.97. The summed E-state index contributed by atoms with van der Waals surface area (Å²) in [5, 5.41) is 3.26. The maximum absolute atomic E-state index is 5.69. The van der Waals surface area contributed by atoms with Crippen molar-refractivity contribution < 1.29 is 0 Å². The summed E-state index contributed by atoms with van der Waals surface area (Å²) in [4.78, 5) is 6.79. The molecule has 1 saturated heterocycles. The molecule has 0 radical (unpaired) electrons. The zero-order valence-electron chi connectivity index (χ0n) is 8.52. The second kappa shape index (κ2) is 4.38. The van der Waals surface area contributed by atoms with Crippen LogP contribution in [0.3, 0.4) is 0 Å². The van der Waals surface area contributed by atoms with E-state index in [1.54, 1.807) is 11.3 Å². The molecule has 2 heterocycles. The van der Waals surface area contributed by atoms with Gasteiger partial charge in [0.1, 0.15) is 5.01 Å². The molecular weight excluding hydrogens is 194 g/mol. The van der Waals surface area contributed by atoms with E-state index in [1.807, 2.05) is 11.6 Å². The van der Waals surface area contributed by atoms with Gasteiger partial charge in [-0.1, -0.05) is 0 Å². The third-order valence-corrected chi connectivity index (χ3v) is 3.71. The number of nitrogens with zero attached hydrogens (tertiary/aromatic N) is 2. The van der Waals surface area contributed by atoms with Gasteiger partial charge < -0.3 is 5.73 Å². The van der Waals surface area contributed by atoms with E-state index in [1.165, 1.54) is 11.4 Å². The molecule has 1 fully saturated rings. The first-order chi connectivity index (χ1) is 6.79. The topological polar surface area (TPSA) is 42.1 Å². The van der Waals surface area contributed by atoms with E-state index in [-0.39, 0.29) is 0 Å². The largest absolute Gasteiger partial charge is 0.330 e. The lowest BCUT2D eigenvalue weighted by Crippen LogP contribution is -2.27. The molecule has 2 N–H and O–H groups in total. The highest BCUT2D eigenvalue weighted by Gasteiger charge is 2.28. The zero-order valence-corrected chi connectivity index (χ0v) is 9.33. The van der Waals surface area contributed by atoms with Crippen LogP contribution in [0, 0.1) is 5.92 Å². The Morgan fingerprint density at radius 3 is 3.14 bits per heavy atom. The monoisotopic (exact) mass is 211 g/mol. The van der Waals surface area contributed by atoms with Crippen LogP contribution in [-0.2, 0) is 6.54 Å². The molecule has 0 saturated carbocycles. The van der Waals surface area contributed by atoms with Crippen LogP contribution in [0.25, 0.3) is 0 Å². The Hall–Kier alpha value is -0.450. The molecule has 2 atom stereocenters. The fourth-order valence-electron chi connectivity index (χ4n) is 2.11. The molecule has 14 heavy (non-hydrogen) atoms. The maximum Gasteiger partial charge on any atom is 0.107 e. The van der Waals surface area contributed by atoms with Crippen LogP contribution in [-0.4, -0.2) is 29.0 Å². The molecule has 0 bridgehead atoms. The Labute approximate surface area is 88.9 Å². The van der Waals surface area contributed by atoms with Gasteiger partial charge in [0.2, 0.25) is 0 Å². The molecule has 0 amide bonds. The highest BCUT2D eigenvalue weighted by atomic mass is 32.1. The summed E-state index contributed by atoms with van der Waals surface area (Å²) in [5.41, 5.74) is 5.69. The smallest absolute Gasteiger partial charge is 0.107 e. The van der Waals surface area contributed by atoms with Gasteiger partial charge in [-0.2, -0.15) is 0 Å². The fourth-order valence-corrected chi connectivity index (χ4v) is 2.75. The number of rotatable bonds is 3. The highest BCUT2D eigenvalue weighted by Crippen LogP contribution is 2.24. The predicted octanol–water partition coefficient (Wildman–Crippen LogP) is 1.31. The average Bonchev–Trinajstić information content (AvgIpc) is 2.78. The molecule has 0 aromatic carbocycles. The predicted molar refractivity (Wildman–Crippen MR) is 59.1 cm³/mol. The molecular formula is C10H17N3S. The molecule has 1 aliphatic heterocycles. The Morgan fingerprint density at radius 1 is 1.71 bits per heavy atom. The van der Waals surface area contributed by atoms with Crippen molar-refractivity contribution in [1.29, 1.82) is 0 Å². The molecule has 3 nitrogen and oxygen atoms in total. The van der Waals surface area contributed by atoms with Crippen LogP contribution in [0.15, 0.2) is 11.6 Å². The van der Waals surface area contributed by atoms with Gasteiger partial charge in [0.05, 0.1) is 6.54 Å². The first kappa shape index (κ1) is 10.1. The summed E-state index contributed by atoms with van der Waals surface area (Å²) in [6.45, 7) is 5.23. The molecule has 0 aliphatic carbocycles. The fraction of sp³-hybridized carbons (Fsp3) is 0.700. The molecule has 4 heteroatoms. The maximum atomic E-state index is 5.69. The van der Waals surface area contributed by atoms with Crippen molar-refractivity contribution in [1.82, 2.24) is 9.88 Å². The molecule has 2 rings (SSSR count). The van der Waals surface area contributed by atoms with Crippen LogP contribution < -0.4 is 5.73 Å². The number of nitrogens with two attached hydrogens (primary N) is 1. The van der Waals surface area contributed by atoms with Crippen LogP contribution in [0.5, 0.6) is 0 Å².